The highest BCUT2D eigenvalue weighted by Crippen LogP contribution is 2.32. The number of carbonyl (C=O) groups is 1. The van der Waals surface area contributed by atoms with Crippen molar-refractivity contribution in [2.45, 2.75) is 13.5 Å². The highest BCUT2D eigenvalue weighted by atomic mass is 35.5. The van der Waals surface area contributed by atoms with Crippen LogP contribution in [0.4, 0.5) is 5.13 Å². The number of hydrogen-bond donors (Lipinski definition) is 1. The van der Waals surface area contributed by atoms with Crippen molar-refractivity contribution in [3.63, 3.8) is 0 Å². The fraction of sp³-hybridized carbons (Fsp3) is 0.200. The van der Waals surface area contributed by atoms with Crippen molar-refractivity contribution in [2.24, 2.45) is 0 Å². The standard InChI is InChI=1S/C15H12Cl2N4O3S/c1-8-18-14(24-21-8)6-23-5-13(22)20-15-19-12(7-25-15)10-3-2-9(16)4-11(10)17/h2-4,7H,5-6H2,1H3,(H,19,20,22). The van der Waals surface area contributed by atoms with Crippen molar-refractivity contribution in [1.82, 2.24) is 15.1 Å². The molecular formula is C15H12Cl2N4O3S. The fourth-order valence-electron chi connectivity index (χ4n) is 1.94. The Morgan fingerprint density at radius 2 is 2.20 bits per heavy atom. The number of benzene rings is 1. The number of halogens is 2. The van der Waals surface area contributed by atoms with E-state index in [-0.39, 0.29) is 19.1 Å². The molecule has 0 atom stereocenters. The number of nitrogens with one attached hydrogen (secondary N) is 1. The first-order valence-electron chi connectivity index (χ1n) is 7.09. The molecule has 0 spiro atoms. The molecule has 0 radical (unpaired) electrons. The Kier molecular flexibility index (Phi) is 5.64. The highest BCUT2D eigenvalue weighted by molar-refractivity contribution is 7.14. The van der Waals surface area contributed by atoms with Crippen molar-refractivity contribution in [1.29, 1.82) is 0 Å². The Morgan fingerprint density at radius 3 is 2.92 bits per heavy atom. The predicted molar refractivity (Wildman–Crippen MR) is 94.9 cm³/mol. The summed E-state index contributed by atoms with van der Waals surface area (Å²) in [7, 11) is 0. The van der Waals surface area contributed by atoms with Crippen LogP contribution in [0.25, 0.3) is 11.3 Å². The third-order valence-electron chi connectivity index (χ3n) is 2.99. The van der Waals surface area contributed by atoms with Crippen molar-refractivity contribution >= 4 is 45.6 Å². The molecule has 25 heavy (non-hydrogen) atoms. The Morgan fingerprint density at radius 1 is 1.36 bits per heavy atom. The molecule has 0 bridgehead atoms. The second-order valence-electron chi connectivity index (χ2n) is 4.94. The van der Waals surface area contributed by atoms with Crippen LogP contribution in [-0.2, 0) is 16.1 Å². The normalized spacial score (nSPS) is 10.8. The van der Waals surface area contributed by atoms with E-state index in [0.29, 0.717) is 32.6 Å². The average Bonchev–Trinajstić information content (AvgIpc) is 3.16. The minimum Gasteiger partial charge on any atom is -0.362 e. The predicted octanol–water partition coefficient (Wildman–Crippen LogP) is 3.96. The molecule has 0 unspecified atom stereocenters. The molecule has 2 aromatic heterocycles. The molecule has 0 fully saturated rings. The molecule has 10 heteroatoms. The minimum atomic E-state index is -0.334. The summed E-state index contributed by atoms with van der Waals surface area (Å²) in [5.74, 6) is 0.498. The number of ether oxygens (including phenoxy) is 1. The van der Waals surface area contributed by atoms with Crippen molar-refractivity contribution in [2.75, 3.05) is 11.9 Å². The lowest BCUT2D eigenvalue weighted by atomic mass is 10.2. The van der Waals surface area contributed by atoms with E-state index in [2.05, 4.69) is 20.4 Å². The number of rotatable bonds is 6. The van der Waals surface area contributed by atoms with Gasteiger partial charge in [0.1, 0.15) is 13.2 Å². The Labute approximate surface area is 156 Å². The second-order valence-corrected chi connectivity index (χ2v) is 6.64. The molecule has 3 rings (SSSR count). The van der Waals surface area contributed by atoms with Gasteiger partial charge in [-0.3, -0.25) is 10.1 Å². The van der Waals surface area contributed by atoms with Crippen molar-refractivity contribution in [3.8, 4) is 11.3 Å². The molecule has 130 valence electrons. The second kappa shape index (κ2) is 7.92. The van der Waals surface area contributed by atoms with Crippen LogP contribution in [0.1, 0.15) is 11.7 Å². The van der Waals surface area contributed by atoms with Crippen LogP contribution < -0.4 is 5.32 Å². The zero-order chi connectivity index (χ0) is 17.8. The monoisotopic (exact) mass is 398 g/mol. The first-order chi connectivity index (χ1) is 12.0. The first kappa shape index (κ1) is 17.8. The van der Waals surface area contributed by atoms with E-state index in [1.807, 2.05) is 0 Å². The smallest absolute Gasteiger partial charge is 0.252 e. The minimum absolute atomic E-state index is 0.0672. The molecule has 0 saturated heterocycles. The number of carbonyl (C=O) groups excluding carboxylic acids is 1. The number of hydrogen-bond acceptors (Lipinski definition) is 7. The third-order valence-corrected chi connectivity index (χ3v) is 4.29. The highest BCUT2D eigenvalue weighted by Gasteiger charge is 2.11. The van der Waals surface area contributed by atoms with Crippen molar-refractivity contribution < 1.29 is 14.1 Å². The molecular weight excluding hydrogens is 387 g/mol. The van der Waals surface area contributed by atoms with Crippen LogP contribution in [0, 0.1) is 6.92 Å². The Hall–Kier alpha value is -2.00. The first-order valence-corrected chi connectivity index (χ1v) is 8.72. The van der Waals surface area contributed by atoms with E-state index in [1.54, 1.807) is 30.5 Å². The van der Waals surface area contributed by atoms with Crippen LogP contribution in [0.5, 0.6) is 0 Å². The average molecular weight is 399 g/mol. The summed E-state index contributed by atoms with van der Waals surface area (Å²) in [5.41, 5.74) is 1.40. The molecule has 1 aromatic carbocycles. The number of aryl methyl sites for hydroxylation is 1. The lowest BCUT2D eigenvalue weighted by Gasteiger charge is -2.02. The van der Waals surface area contributed by atoms with Gasteiger partial charge in [-0.25, -0.2) is 4.98 Å². The van der Waals surface area contributed by atoms with Gasteiger partial charge in [-0.15, -0.1) is 11.3 Å². The third kappa shape index (κ3) is 4.76. The van der Waals surface area contributed by atoms with Gasteiger partial charge in [-0.2, -0.15) is 4.98 Å². The maximum atomic E-state index is 11.9. The summed E-state index contributed by atoms with van der Waals surface area (Å²) in [4.78, 5) is 20.2. The maximum absolute atomic E-state index is 11.9. The topological polar surface area (TPSA) is 90.1 Å². The molecule has 0 aliphatic heterocycles. The lowest BCUT2D eigenvalue weighted by Crippen LogP contribution is -2.18. The van der Waals surface area contributed by atoms with Crippen LogP contribution >= 0.6 is 34.5 Å². The van der Waals surface area contributed by atoms with Gasteiger partial charge in [0.15, 0.2) is 11.0 Å². The van der Waals surface area contributed by atoms with Crippen LogP contribution in [0.2, 0.25) is 10.0 Å². The molecule has 7 nitrogen and oxygen atoms in total. The quantitative estimate of drug-likeness (QED) is 0.675. The van der Waals surface area contributed by atoms with Gasteiger partial charge < -0.3 is 9.26 Å². The SMILES string of the molecule is Cc1noc(COCC(=O)Nc2nc(-c3ccc(Cl)cc3Cl)cs2)n1. The van der Waals surface area contributed by atoms with Gasteiger partial charge >= 0.3 is 0 Å². The molecule has 1 N–H and O–H groups in total. The molecule has 1 amide bonds. The summed E-state index contributed by atoms with van der Waals surface area (Å²) >= 11 is 13.3. The van der Waals surface area contributed by atoms with E-state index in [4.69, 9.17) is 32.5 Å². The van der Waals surface area contributed by atoms with Gasteiger partial charge in [0.25, 0.3) is 11.8 Å². The Balaban J connectivity index is 1.54. The molecule has 0 saturated carbocycles. The molecule has 0 aliphatic rings. The van der Waals surface area contributed by atoms with Gasteiger partial charge in [0.05, 0.1) is 10.7 Å². The fourth-order valence-corrected chi connectivity index (χ4v) is 3.17. The van der Waals surface area contributed by atoms with Gasteiger partial charge in [0.2, 0.25) is 0 Å². The summed E-state index contributed by atoms with van der Waals surface area (Å²) in [5, 5.41) is 9.58. The van der Waals surface area contributed by atoms with Crippen molar-refractivity contribution in [3.05, 3.63) is 45.3 Å². The van der Waals surface area contributed by atoms with E-state index in [1.165, 1.54) is 11.3 Å². The summed E-state index contributed by atoms with van der Waals surface area (Å²) in [6, 6.07) is 5.15. The van der Waals surface area contributed by atoms with E-state index < -0.39 is 0 Å². The summed E-state index contributed by atoms with van der Waals surface area (Å²) in [6.07, 6.45) is 0. The number of nitrogens with zero attached hydrogens (tertiary/aromatic N) is 3. The number of anilines is 1. The maximum Gasteiger partial charge on any atom is 0.252 e. The lowest BCUT2D eigenvalue weighted by molar-refractivity contribution is -0.121. The van der Waals surface area contributed by atoms with Gasteiger partial charge in [-0.05, 0) is 25.1 Å². The largest absolute Gasteiger partial charge is 0.362 e. The van der Waals surface area contributed by atoms with Gasteiger partial charge in [-0.1, -0.05) is 28.4 Å². The van der Waals surface area contributed by atoms with Crippen LogP contribution in [0.15, 0.2) is 28.1 Å². The van der Waals surface area contributed by atoms with E-state index >= 15 is 0 Å². The molecule has 0 aliphatic carbocycles. The van der Waals surface area contributed by atoms with E-state index in [0.717, 1.165) is 5.56 Å². The summed E-state index contributed by atoms with van der Waals surface area (Å²) < 4.78 is 10.1. The van der Waals surface area contributed by atoms with Gasteiger partial charge in [0, 0.05) is 16.0 Å². The van der Waals surface area contributed by atoms with Crippen LogP contribution in [0.3, 0.4) is 0 Å². The molecule has 3 aromatic rings. The zero-order valence-electron chi connectivity index (χ0n) is 13.0. The molecule has 2 heterocycles. The number of amides is 1. The Bertz CT molecular complexity index is 897. The number of aromatic nitrogens is 3. The van der Waals surface area contributed by atoms with E-state index in [9.17, 15) is 4.79 Å². The summed E-state index contributed by atoms with van der Waals surface area (Å²) in [6.45, 7) is 1.61. The zero-order valence-corrected chi connectivity index (χ0v) is 15.3. The number of thiazole rings is 1. The van der Waals surface area contributed by atoms with Crippen LogP contribution in [-0.4, -0.2) is 27.6 Å².